The van der Waals surface area contributed by atoms with Gasteiger partial charge in [-0.2, -0.15) is 0 Å². The maximum atomic E-state index is 6.65. The Bertz CT molecular complexity index is 419. The van der Waals surface area contributed by atoms with Crippen LogP contribution in [-0.2, 0) is 5.54 Å². The van der Waals surface area contributed by atoms with Crippen LogP contribution >= 0.6 is 0 Å². The molecule has 0 fully saturated rings. The van der Waals surface area contributed by atoms with Gasteiger partial charge in [-0.15, -0.1) is 0 Å². The molecular formula is C16H28N2O2. The lowest BCUT2D eigenvalue weighted by Gasteiger charge is -2.34. The maximum Gasteiger partial charge on any atom is 0.161 e. The maximum absolute atomic E-state index is 6.65. The summed E-state index contributed by atoms with van der Waals surface area (Å²) in [5.74, 6) is 1.46. The van der Waals surface area contributed by atoms with E-state index in [0.717, 1.165) is 43.1 Å². The SMILES string of the molecule is CCN(CC)CC(N)(CC)c1ccc(OC)c(OC)c1. The number of likely N-dealkylation sites (N-methyl/N-ethyl adjacent to an activating group) is 1. The Kier molecular flexibility index (Phi) is 6.30. The number of rotatable bonds is 8. The number of nitrogens with zero attached hydrogens (tertiary/aromatic N) is 1. The number of benzene rings is 1. The van der Waals surface area contributed by atoms with Crippen molar-refractivity contribution in [2.75, 3.05) is 33.9 Å². The molecular weight excluding hydrogens is 252 g/mol. The van der Waals surface area contributed by atoms with E-state index in [1.807, 2.05) is 18.2 Å². The van der Waals surface area contributed by atoms with Gasteiger partial charge in [-0.25, -0.2) is 0 Å². The molecule has 0 aliphatic carbocycles. The number of nitrogens with two attached hydrogens (primary N) is 1. The molecule has 0 aliphatic heterocycles. The Morgan fingerprint density at radius 2 is 1.65 bits per heavy atom. The first kappa shape index (κ1) is 16.8. The van der Waals surface area contributed by atoms with Crippen molar-refractivity contribution in [2.45, 2.75) is 32.7 Å². The Hall–Kier alpha value is -1.26. The molecule has 1 rings (SSSR count). The quantitative estimate of drug-likeness (QED) is 0.795. The third-order valence-corrected chi connectivity index (χ3v) is 3.99. The number of hydrogen-bond acceptors (Lipinski definition) is 4. The predicted octanol–water partition coefficient (Wildman–Crippen LogP) is 2.61. The van der Waals surface area contributed by atoms with Crippen molar-refractivity contribution in [1.29, 1.82) is 0 Å². The molecule has 20 heavy (non-hydrogen) atoms. The smallest absolute Gasteiger partial charge is 0.161 e. The van der Waals surface area contributed by atoms with Gasteiger partial charge in [-0.05, 0) is 37.2 Å². The average Bonchev–Trinajstić information content (AvgIpc) is 2.51. The standard InChI is InChI=1S/C16H28N2O2/c1-6-16(17,12-18(7-2)8-3)13-9-10-14(19-4)15(11-13)20-5/h9-11H,6-8,12,17H2,1-5H3. The highest BCUT2D eigenvalue weighted by molar-refractivity contribution is 5.45. The topological polar surface area (TPSA) is 47.7 Å². The fraction of sp³-hybridized carbons (Fsp3) is 0.625. The van der Waals surface area contributed by atoms with Crippen molar-refractivity contribution in [2.24, 2.45) is 5.73 Å². The van der Waals surface area contributed by atoms with Crippen LogP contribution in [0.3, 0.4) is 0 Å². The summed E-state index contributed by atoms with van der Waals surface area (Å²) in [6, 6.07) is 5.95. The fourth-order valence-corrected chi connectivity index (χ4v) is 2.40. The van der Waals surface area contributed by atoms with E-state index in [-0.39, 0.29) is 5.54 Å². The van der Waals surface area contributed by atoms with Crippen LogP contribution in [0.15, 0.2) is 18.2 Å². The van der Waals surface area contributed by atoms with E-state index in [9.17, 15) is 0 Å². The van der Waals surface area contributed by atoms with E-state index >= 15 is 0 Å². The molecule has 0 aromatic heterocycles. The van der Waals surface area contributed by atoms with Crippen LogP contribution in [0, 0.1) is 0 Å². The first-order valence-corrected chi connectivity index (χ1v) is 7.28. The van der Waals surface area contributed by atoms with Crippen LogP contribution in [0.1, 0.15) is 32.8 Å². The fourth-order valence-electron chi connectivity index (χ4n) is 2.40. The van der Waals surface area contributed by atoms with Gasteiger partial charge in [0.2, 0.25) is 0 Å². The molecule has 4 nitrogen and oxygen atoms in total. The highest BCUT2D eigenvalue weighted by Crippen LogP contribution is 2.33. The van der Waals surface area contributed by atoms with Crippen molar-refractivity contribution < 1.29 is 9.47 Å². The first-order valence-electron chi connectivity index (χ1n) is 7.28. The van der Waals surface area contributed by atoms with Crippen LogP contribution in [-0.4, -0.2) is 38.8 Å². The van der Waals surface area contributed by atoms with Gasteiger partial charge in [-0.1, -0.05) is 26.8 Å². The largest absolute Gasteiger partial charge is 0.493 e. The molecule has 0 bridgehead atoms. The summed E-state index contributed by atoms with van der Waals surface area (Å²) >= 11 is 0. The molecule has 1 unspecified atom stereocenters. The van der Waals surface area contributed by atoms with Crippen molar-refractivity contribution in [1.82, 2.24) is 4.90 Å². The minimum absolute atomic E-state index is 0.369. The molecule has 1 aromatic carbocycles. The summed E-state index contributed by atoms with van der Waals surface area (Å²) in [5, 5.41) is 0. The van der Waals surface area contributed by atoms with Gasteiger partial charge in [-0.3, -0.25) is 0 Å². The molecule has 1 aromatic rings. The summed E-state index contributed by atoms with van der Waals surface area (Å²) in [7, 11) is 3.29. The number of methoxy groups -OCH3 is 2. The molecule has 0 saturated carbocycles. The molecule has 0 radical (unpaired) electrons. The van der Waals surface area contributed by atoms with Crippen molar-refractivity contribution in [3.8, 4) is 11.5 Å². The molecule has 0 heterocycles. The van der Waals surface area contributed by atoms with Gasteiger partial charge >= 0.3 is 0 Å². The van der Waals surface area contributed by atoms with E-state index in [4.69, 9.17) is 15.2 Å². The lowest BCUT2D eigenvalue weighted by atomic mass is 9.87. The Morgan fingerprint density at radius 1 is 1.05 bits per heavy atom. The van der Waals surface area contributed by atoms with E-state index < -0.39 is 0 Å². The van der Waals surface area contributed by atoms with E-state index in [1.54, 1.807) is 14.2 Å². The normalized spacial score (nSPS) is 14.2. The molecule has 0 amide bonds. The lowest BCUT2D eigenvalue weighted by molar-refractivity contribution is 0.220. The van der Waals surface area contributed by atoms with E-state index in [1.165, 1.54) is 0 Å². The summed E-state index contributed by atoms with van der Waals surface area (Å²) in [5.41, 5.74) is 7.37. The predicted molar refractivity (Wildman–Crippen MR) is 83.5 cm³/mol. The van der Waals surface area contributed by atoms with E-state index in [2.05, 4.69) is 25.7 Å². The van der Waals surface area contributed by atoms with Crippen LogP contribution in [0.5, 0.6) is 11.5 Å². The Labute approximate surface area is 122 Å². The minimum Gasteiger partial charge on any atom is -0.493 e. The molecule has 0 aliphatic rings. The van der Waals surface area contributed by atoms with Crippen molar-refractivity contribution >= 4 is 0 Å². The third-order valence-electron chi connectivity index (χ3n) is 3.99. The second-order valence-electron chi connectivity index (χ2n) is 5.04. The van der Waals surface area contributed by atoms with E-state index in [0.29, 0.717) is 0 Å². The van der Waals surface area contributed by atoms with Crippen molar-refractivity contribution in [3.63, 3.8) is 0 Å². The first-order chi connectivity index (χ1) is 9.54. The summed E-state index contributed by atoms with van der Waals surface area (Å²) < 4.78 is 10.7. The Morgan fingerprint density at radius 3 is 2.10 bits per heavy atom. The summed E-state index contributed by atoms with van der Waals surface area (Å²) in [6.07, 6.45) is 0.874. The van der Waals surface area contributed by atoms with Crippen LogP contribution in [0.25, 0.3) is 0 Å². The second kappa shape index (κ2) is 7.50. The van der Waals surface area contributed by atoms with Crippen LogP contribution < -0.4 is 15.2 Å². The van der Waals surface area contributed by atoms with Crippen LogP contribution in [0.2, 0.25) is 0 Å². The minimum atomic E-state index is -0.369. The third kappa shape index (κ3) is 3.64. The zero-order valence-corrected chi connectivity index (χ0v) is 13.4. The molecule has 2 N–H and O–H groups in total. The second-order valence-corrected chi connectivity index (χ2v) is 5.04. The lowest BCUT2D eigenvalue weighted by Crippen LogP contribution is -2.47. The average molecular weight is 280 g/mol. The molecule has 0 spiro atoms. The highest BCUT2D eigenvalue weighted by Gasteiger charge is 2.28. The van der Waals surface area contributed by atoms with Crippen molar-refractivity contribution in [3.05, 3.63) is 23.8 Å². The molecule has 1 atom stereocenters. The number of hydrogen-bond donors (Lipinski definition) is 1. The number of ether oxygens (including phenoxy) is 2. The molecule has 0 saturated heterocycles. The highest BCUT2D eigenvalue weighted by atomic mass is 16.5. The van der Waals surface area contributed by atoms with Gasteiger partial charge in [0, 0.05) is 6.54 Å². The van der Waals surface area contributed by atoms with Gasteiger partial charge in [0.15, 0.2) is 11.5 Å². The summed E-state index contributed by atoms with van der Waals surface area (Å²) in [4.78, 5) is 2.35. The van der Waals surface area contributed by atoms with Gasteiger partial charge in [0.05, 0.1) is 19.8 Å². The zero-order valence-electron chi connectivity index (χ0n) is 13.4. The zero-order chi connectivity index (χ0) is 15.2. The summed E-state index contributed by atoms with van der Waals surface area (Å²) in [6.45, 7) is 9.29. The van der Waals surface area contributed by atoms with Gasteiger partial charge in [0.25, 0.3) is 0 Å². The van der Waals surface area contributed by atoms with Crippen LogP contribution in [0.4, 0.5) is 0 Å². The Balaban J connectivity index is 3.10. The van der Waals surface area contributed by atoms with Gasteiger partial charge < -0.3 is 20.1 Å². The monoisotopic (exact) mass is 280 g/mol. The van der Waals surface area contributed by atoms with Gasteiger partial charge in [0.1, 0.15) is 0 Å². The molecule has 114 valence electrons. The molecule has 4 heteroatoms.